The SMILES string of the molecule is [3H]NCCCCCCCCOP(OCCC#N)N(C(C)C)C(C)C. The van der Waals surface area contributed by atoms with Gasteiger partial charge in [0.1, 0.15) is 1.41 Å². The summed E-state index contributed by atoms with van der Waals surface area (Å²) in [5.74, 6) is 0. The highest BCUT2D eigenvalue weighted by atomic mass is 31.2. The van der Waals surface area contributed by atoms with Gasteiger partial charge in [0.2, 0.25) is 0 Å². The number of rotatable bonds is 16. The lowest BCUT2D eigenvalue weighted by molar-refractivity contribution is 0.174. The van der Waals surface area contributed by atoms with Gasteiger partial charge in [-0.1, -0.05) is 25.7 Å². The average Bonchev–Trinajstić information content (AvgIpc) is 2.52. The van der Waals surface area contributed by atoms with Crippen LogP contribution >= 0.6 is 8.53 Å². The lowest BCUT2D eigenvalue weighted by Crippen LogP contribution is -2.33. The minimum Gasteiger partial charge on any atom is -0.330 e. The molecule has 0 aliphatic rings. The molecule has 5 nitrogen and oxygen atoms in total. The first-order valence-corrected chi connectivity index (χ1v) is 10.0. The van der Waals surface area contributed by atoms with Crippen LogP contribution in [0.15, 0.2) is 0 Å². The monoisotopic (exact) mass is 347 g/mol. The molecule has 1 unspecified atom stereocenters. The van der Waals surface area contributed by atoms with Crippen LogP contribution in [0.4, 0.5) is 0 Å². The molecular formula is C17H36N3O2P. The van der Waals surface area contributed by atoms with Crippen LogP contribution < -0.4 is 5.73 Å². The fourth-order valence-corrected chi connectivity index (χ4v) is 4.02. The summed E-state index contributed by atoms with van der Waals surface area (Å²) in [6.45, 7) is 10.5. The van der Waals surface area contributed by atoms with Gasteiger partial charge in [-0.05, 0) is 47.1 Å². The molecule has 2 N–H and O–H groups in total. The van der Waals surface area contributed by atoms with Gasteiger partial charge in [0.15, 0.2) is 0 Å². The molecule has 6 heteroatoms. The van der Waals surface area contributed by atoms with Crippen molar-refractivity contribution in [3.63, 3.8) is 0 Å². The van der Waals surface area contributed by atoms with Gasteiger partial charge in [0.25, 0.3) is 8.53 Å². The van der Waals surface area contributed by atoms with Crippen LogP contribution in [0.2, 0.25) is 1.41 Å². The van der Waals surface area contributed by atoms with Gasteiger partial charge in [-0.25, -0.2) is 4.67 Å². The molecule has 0 aromatic carbocycles. The van der Waals surface area contributed by atoms with E-state index in [2.05, 4.69) is 44.2 Å². The van der Waals surface area contributed by atoms with Gasteiger partial charge in [-0.3, -0.25) is 0 Å². The maximum absolute atomic E-state index is 8.70. The van der Waals surface area contributed by atoms with Crippen molar-refractivity contribution in [1.82, 2.24) is 4.67 Å². The van der Waals surface area contributed by atoms with Crippen molar-refractivity contribution >= 4 is 8.53 Å². The van der Waals surface area contributed by atoms with Crippen molar-refractivity contribution < 1.29 is 10.5 Å². The van der Waals surface area contributed by atoms with E-state index in [1.54, 1.807) is 0 Å². The molecule has 23 heavy (non-hydrogen) atoms. The van der Waals surface area contributed by atoms with E-state index in [0.29, 0.717) is 31.7 Å². The van der Waals surface area contributed by atoms with Gasteiger partial charge in [0, 0.05) is 12.1 Å². The van der Waals surface area contributed by atoms with Crippen LogP contribution in [0.25, 0.3) is 0 Å². The number of nitrogens with two attached hydrogens (primary N) is 1. The van der Waals surface area contributed by atoms with E-state index in [1.807, 2.05) is 0 Å². The lowest BCUT2D eigenvalue weighted by atomic mass is 10.1. The normalized spacial score (nSPS) is 13.6. The first kappa shape index (κ1) is 20.8. The van der Waals surface area contributed by atoms with Gasteiger partial charge >= 0.3 is 0 Å². The van der Waals surface area contributed by atoms with Crippen LogP contribution in [0.1, 0.15) is 72.6 Å². The van der Waals surface area contributed by atoms with E-state index in [0.717, 1.165) is 19.4 Å². The van der Waals surface area contributed by atoms with Crippen molar-refractivity contribution in [1.29, 1.82) is 5.26 Å². The van der Waals surface area contributed by atoms with E-state index < -0.39 is 8.53 Å². The number of nitriles is 1. The van der Waals surface area contributed by atoms with E-state index in [1.165, 1.54) is 25.7 Å². The molecule has 0 aromatic heterocycles. The molecule has 0 fully saturated rings. The number of unbranched alkanes of at least 4 members (excludes halogenated alkanes) is 5. The maximum atomic E-state index is 8.70. The van der Waals surface area contributed by atoms with Crippen LogP contribution in [0, 0.1) is 11.3 Å². The van der Waals surface area contributed by atoms with Gasteiger partial charge < -0.3 is 14.8 Å². The second kappa shape index (κ2) is 15.3. The van der Waals surface area contributed by atoms with Crippen molar-refractivity contribution in [3.05, 3.63) is 0 Å². The summed E-state index contributed by atoms with van der Waals surface area (Å²) in [5, 5.41) is 8.70. The molecule has 0 rings (SSSR count). The Morgan fingerprint density at radius 1 is 1.00 bits per heavy atom. The Balaban J connectivity index is 4.06. The Morgan fingerprint density at radius 2 is 1.57 bits per heavy atom. The van der Waals surface area contributed by atoms with Gasteiger partial charge in [0.05, 0.1) is 25.7 Å². The zero-order valence-corrected chi connectivity index (χ0v) is 16.3. The molecule has 0 bridgehead atoms. The predicted octanol–water partition coefficient (Wildman–Crippen LogP) is 4.58. The molecule has 0 heterocycles. The van der Waals surface area contributed by atoms with E-state index in [-0.39, 0.29) is 0 Å². The fourth-order valence-electron chi connectivity index (χ4n) is 2.39. The minimum absolute atomic E-state index is 0.351. The molecule has 0 saturated heterocycles. The summed E-state index contributed by atoms with van der Waals surface area (Å²) in [7, 11) is -1.09. The third-order valence-corrected chi connectivity index (χ3v) is 5.54. The van der Waals surface area contributed by atoms with Crippen LogP contribution in [0.3, 0.4) is 0 Å². The molecule has 0 spiro atoms. The van der Waals surface area contributed by atoms with Gasteiger partial charge in [-0.15, -0.1) is 0 Å². The van der Waals surface area contributed by atoms with Crippen molar-refractivity contribution in [3.8, 4) is 6.07 Å². The standard InChI is InChI=1S/C17H36N3O2P/c1-16(2)20(17(3)4)23(22-15-11-13-19)21-14-10-8-6-5-7-9-12-18/h16-17H,5-12,14-15,18H2,1-4H3/i/hT. The van der Waals surface area contributed by atoms with Gasteiger partial charge in [-0.2, -0.15) is 5.26 Å². The molecule has 0 radical (unpaired) electrons. The smallest absolute Gasteiger partial charge is 0.259 e. The Morgan fingerprint density at radius 3 is 2.13 bits per heavy atom. The van der Waals surface area contributed by atoms with Crippen molar-refractivity contribution in [2.24, 2.45) is 5.73 Å². The topological polar surface area (TPSA) is 71.5 Å². The molecule has 0 saturated carbocycles. The summed E-state index contributed by atoms with van der Waals surface area (Å²) in [5.41, 5.74) is 2.43. The highest BCUT2D eigenvalue weighted by Crippen LogP contribution is 2.46. The molecular weight excluding hydrogens is 309 g/mol. The number of hydrogen-bond acceptors (Lipinski definition) is 5. The fraction of sp³-hybridized carbons (Fsp3) is 0.941. The quantitative estimate of drug-likeness (QED) is 0.327. The zero-order chi connectivity index (χ0) is 18.2. The van der Waals surface area contributed by atoms with Crippen molar-refractivity contribution in [2.45, 2.75) is 84.7 Å². The second-order valence-electron chi connectivity index (χ2n) is 6.25. The molecule has 1 atom stereocenters. The third-order valence-electron chi connectivity index (χ3n) is 3.44. The molecule has 0 aliphatic heterocycles. The van der Waals surface area contributed by atoms with Crippen molar-refractivity contribution in [2.75, 3.05) is 19.8 Å². The second-order valence-corrected chi connectivity index (χ2v) is 7.71. The van der Waals surface area contributed by atoms with Crippen LogP contribution in [-0.2, 0) is 9.05 Å². The third kappa shape index (κ3) is 11.9. The van der Waals surface area contributed by atoms with E-state index >= 15 is 0 Å². The average molecular weight is 347 g/mol. The lowest BCUT2D eigenvalue weighted by Gasteiger charge is -2.35. The molecule has 136 valence electrons. The maximum Gasteiger partial charge on any atom is 0.259 e. The molecule has 0 aliphatic carbocycles. The Bertz CT molecular complexity index is 319. The highest BCUT2D eigenvalue weighted by Gasteiger charge is 2.26. The predicted molar refractivity (Wildman–Crippen MR) is 97.9 cm³/mol. The largest absolute Gasteiger partial charge is 0.330 e. The summed E-state index contributed by atoms with van der Waals surface area (Å²) >= 11 is 0. The van der Waals surface area contributed by atoms with Crippen LogP contribution in [0.5, 0.6) is 0 Å². The summed E-state index contributed by atoms with van der Waals surface area (Å²) in [4.78, 5) is 0. The van der Waals surface area contributed by atoms with Crippen LogP contribution in [-0.4, -0.2) is 36.5 Å². The van der Waals surface area contributed by atoms with E-state index in [4.69, 9.17) is 15.7 Å². The number of hydrogen-bond donors (Lipinski definition) is 1. The minimum atomic E-state index is -1.09. The first-order chi connectivity index (χ1) is 11.5. The first-order valence-electron chi connectivity index (χ1n) is 9.40. The molecule has 0 amide bonds. The summed E-state index contributed by atoms with van der Waals surface area (Å²) in [6.07, 6.45) is 7.31. The number of nitrogens with zero attached hydrogens (tertiary/aromatic N) is 2. The highest BCUT2D eigenvalue weighted by molar-refractivity contribution is 7.44. The Hall–Kier alpha value is -0.240. The summed E-state index contributed by atoms with van der Waals surface area (Å²) in [6, 6.07) is 2.82. The Kier molecular flexibility index (Phi) is 13.8. The zero-order valence-electron chi connectivity index (χ0n) is 16.4. The Labute approximate surface area is 145 Å². The molecule has 0 aromatic rings. The summed E-state index contributed by atoms with van der Waals surface area (Å²) < 4.78 is 21.0. The van der Waals surface area contributed by atoms with E-state index in [9.17, 15) is 0 Å².